The molecule has 0 bridgehead atoms. The van der Waals surface area contributed by atoms with Crippen LogP contribution in [0, 0.1) is 0 Å². The van der Waals surface area contributed by atoms with Crippen LogP contribution in [0.1, 0.15) is 0 Å². The molecule has 0 amide bonds. The molecule has 0 aliphatic carbocycles. The van der Waals surface area contributed by atoms with Crippen molar-refractivity contribution >= 4 is 33.4 Å². The van der Waals surface area contributed by atoms with Crippen LogP contribution in [0.25, 0.3) is 22.2 Å². The second-order valence-electron chi connectivity index (χ2n) is 4.27. The normalized spacial score (nSPS) is 11.2. The van der Waals surface area contributed by atoms with E-state index in [1.54, 1.807) is 6.07 Å². The molecule has 0 saturated heterocycles. The van der Waals surface area contributed by atoms with Gasteiger partial charge < -0.3 is 4.98 Å². The molecule has 2 aromatic carbocycles. The summed E-state index contributed by atoms with van der Waals surface area (Å²) in [6.45, 7) is 0. The molecule has 0 atom stereocenters. The predicted molar refractivity (Wildman–Crippen MR) is 80.8 cm³/mol. The van der Waals surface area contributed by atoms with Crippen LogP contribution in [0.4, 0.5) is 0 Å². The van der Waals surface area contributed by atoms with Crippen molar-refractivity contribution in [1.82, 2.24) is 4.98 Å². The number of H-pyrrole nitrogens is 1. The Hall–Kier alpha value is -1.82. The standard InChI is InChI=1S/C14H11NO3S.ClH/c16-19(17,18)12-6-7-13-11(8-12)9-14(15-13)10-4-2-1-3-5-10;/h1-9,15H,(H,16,17,18);1H. The van der Waals surface area contributed by atoms with E-state index in [0.717, 1.165) is 22.2 Å². The van der Waals surface area contributed by atoms with Crippen molar-refractivity contribution in [1.29, 1.82) is 0 Å². The van der Waals surface area contributed by atoms with Crippen molar-refractivity contribution < 1.29 is 13.0 Å². The molecule has 0 aliphatic heterocycles. The van der Waals surface area contributed by atoms with Gasteiger partial charge in [-0.3, -0.25) is 4.55 Å². The van der Waals surface area contributed by atoms with Gasteiger partial charge in [-0.1, -0.05) is 30.3 Å². The molecule has 1 aromatic heterocycles. The highest BCUT2D eigenvalue weighted by Crippen LogP contribution is 2.25. The Labute approximate surface area is 122 Å². The molecule has 0 unspecified atom stereocenters. The third-order valence-corrected chi connectivity index (χ3v) is 3.82. The van der Waals surface area contributed by atoms with Gasteiger partial charge in [0.15, 0.2) is 0 Å². The molecule has 0 aliphatic rings. The van der Waals surface area contributed by atoms with Crippen LogP contribution in [0.15, 0.2) is 59.5 Å². The van der Waals surface area contributed by atoms with Crippen molar-refractivity contribution in [2.45, 2.75) is 4.90 Å². The van der Waals surface area contributed by atoms with E-state index in [0.29, 0.717) is 0 Å². The maximum absolute atomic E-state index is 11.1. The van der Waals surface area contributed by atoms with Gasteiger partial charge in [0.2, 0.25) is 0 Å². The highest BCUT2D eigenvalue weighted by Gasteiger charge is 2.11. The smallest absolute Gasteiger partial charge is 0.294 e. The van der Waals surface area contributed by atoms with Crippen LogP contribution in [-0.4, -0.2) is 18.0 Å². The summed E-state index contributed by atoms with van der Waals surface area (Å²) in [4.78, 5) is 3.12. The molecule has 2 N–H and O–H groups in total. The van der Waals surface area contributed by atoms with Crippen LogP contribution in [-0.2, 0) is 10.1 Å². The summed E-state index contributed by atoms with van der Waals surface area (Å²) >= 11 is 0. The molecule has 0 spiro atoms. The van der Waals surface area contributed by atoms with Crippen LogP contribution >= 0.6 is 12.4 Å². The lowest BCUT2D eigenvalue weighted by Gasteiger charge is -1.96. The fourth-order valence-electron chi connectivity index (χ4n) is 2.04. The van der Waals surface area contributed by atoms with Gasteiger partial charge in [-0.2, -0.15) is 8.42 Å². The first-order chi connectivity index (χ1) is 9.04. The molecule has 0 fully saturated rings. The number of halogens is 1. The molecule has 6 heteroatoms. The molecule has 1 heterocycles. The van der Waals surface area contributed by atoms with E-state index < -0.39 is 10.1 Å². The van der Waals surface area contributed by atoms with Crippen molar-refractivity contribution in [2.75, 3.05) is 0 Å². The van der Waals surface area contributed by atoms with E-state index in [2.05, 4.69) is 4.98 Å². The molecule has 0 radical (unpaired) electrons. The summed E-state index contributed by atoms with van der Waals surface area (Å²) in [5, 5.41) is 0.744. The lowest BCUT2D eigenvalue weighted by molar-refractivity contribution is 0.483. The molecule has 20 heavy (non-hydrogen) atoms. The van der Waals surface area contributed by atoms with Crippen LogP contribution in [0.2, 0.25) is 0 Å². The van der Waals surface area contributed by atoms with Gasteiger partial charge in [-0.15, -0.1) is 12.4 Å². The maximum atomic E-state index is 11.1. The van der Waals surface area contributed by atoms with Crippen molar-refractivity contribution in [3.8, 4) is 11.3 Å². The molecule has 4 nitrogen and oxygen atoms in total. The number of hydrogen-bond donors (Lipinski definition) is 2. The SMILES string of the molecule is Cl.O=S(=O)(O)c1ccc2[nH]c(-c3ccccc3)cc2c1. The van der Waals surface area contributed by atoms with Crippen LogP contribution < -0.4 is 0 Å². The van der Waals surface area contributed by atoms with Gasteiger partial charge in [0, 0.05) is 16.6 Å². The second kappa shape index (κ2) is 5.28. The lowest BCUT2D eigenvalue weighted by Crippen LogP contribution is -1.96. The maximum Gasteiger partial charge on any atom is 0.294 e. The Morgan fingerprint density at radius 1 is 0.950 bits per heavy atom. The number of benzene rings is 2. The minimum Gasteiger partial charge on any atom is -0.355 e. The first-order valence-electron chi connectivity index (χ1n) is 5.70. The summed E-state index contributed by atoms with van der Waals surface area (Å²) in [6, 6.07) is 16.1. The quantitative estimate of drug-likeness (QED) is 0.712. The van der Waals surface area contributed by atoms with Gasteiger partial charge in [0.05, 0.1) is 4.90 Å². The first kappa shape index (κ1) is 14.6. The highest BCUT2D eigenvalue weighted by atomic mass is 35.5. The lowest BCUT2D eigenvalue weighted by atomic mass is 10.1. The predicted octanol–water partition coefficient (Wildman–Crippen LogP) is 3.50. The number of fused-ring (bicyclic) bond motifs is 1. The topological polar surface area (TPSA) is 70.2 Å². The zero-order chi connectivity index (χ0) is 13.5. The molecule has 0 saturated carbocycles. The van der Waals surface area contributed by atoms with E-state index in [1.165, 1.54) is 12.1 Å². The van der Waals surface area contributed by atoms with E-state index >= 15 is 0 Å². The Morgan fingerprint density at radius 2 is 1.65 bits per heavy atom. The third kappa shape index (κ3) is 2.70. The largest absolute Gasteiger partial charge is 0.355 e. The van der Waals surface area contributed by atoms with Gasteiger partial charge in [-0.25, -0.2) is 0 Å². The molecule has 3 aromatic rings. The molecule has 104 valence electrons. The van der Waals surface area contributed by atoms with Gasteiger partial charge >= 0.3 is 0 Å². The van der Waals surface area contributed by atoms with E-state index in [4.69, 9.17) is 4.55 Å². The number of rotatable bonds is 2. The zero-order valence-electron chi connectivity index (χ0n) is 10.3. The number of aromatic amines is 1. The fourth-order valence-corrected chi connectivity index (χ4v) is 2.56. The van der Waals surface area contributed by atoms with Crippen molar-refractivity contribution in [3.05, 3.63) is 54.6 Å². The van der Waals surface area contributed by atoms with E-state index in [1.807, 2.05) is 36.4 Å². The summed E-state index contributed by atoms with van der Waals surface area (Å²) in [5.41, 5.74) is 2.75. The number of nitrogens with one attached hydrogen (secondary N) is 1. The molecular weight excluding hydrogens is 298 g/mol. The van der Waals surface area contributed by atoms with Gasteiger partial charge in [0.25, 0.3) is 10.1 Å². The Balaban J connectivity index is 0.00000147. The van der Waals surface area contributed by atoms with Crippen LogP contribution in [0.3, 0.4) is 0 Å². The second-order valence-corrected chi connectivity index (χ2v) is 5.69. The minimum absolute atomic E-state index is 0. The Kier molecular flexibility index (Phi) is 3.85. The number of aromatic nitrogens is 1. The number of hydrogen-bond acceptors (Lipinski definition) is 2. The summed E-state index contributed by atoms with van der Waals surface area (Å²) in [5.74, 6) is 0. The summed E-state index contributed by atoms with van der Waals surface area (Å²) in [7, 11) is -4.16. The minimum atomic E-state index is -4.16. The molecule has 3 rings (SSSR count). The fraction of sp³-hybridized carbons (Fsp3) is 0. The van der Waals surface area contributed by atoms with Crippen molar-refractivity contribution in [2.24, 2.45) is 0 Å². The average molecular weight is 310 g/mol. The molecular formula is C14H12ClNO3S. The Morgan fingerprint density at radius 3 is 2.30 bits per heavy atom. The summed E-state index contributed by atoms with van der Waals surface area (Å²) in [6.07, 6.45) is 0. The van der Waals surface area contributed by atoms with Gasteiger partial charge in [0.1, 0.15) is 0 Å². The average Bonchev–Trinajstić information content (AvgIpc) is 2.81. The van der Waals surface area contributed by atoms with Gasteiger partial charge in [-0.05, 0) is 29.8 Å². The highest BCUT2D eigenvalue weighted by molar-refractivity contribution is 7.85. The van der Waals surface area contributed by atoms with Crippen LogP contribution in [0.5, 0.6) is 0 Å². The zero-order valence-corrected chi connectivity index (χ0v) is 11.9. The monoisotopic (exact) mass is 309 g/mol. The third-order valence-electron chi connectivity index (χ3n) is 2.97. The van der Waals surface area contributed by atoms with E-state index in [9.17, 15) is 8.42 Å². The Bertz CT molecular complexity index is 841. The van der Waals surface area contributed by atoms with Crippen molar-refractivity contribution in [3.63, 3.8) is 0 Å². The summed E-state index contributed by atoms with van der Waals surface area (Å²) < 4.78 is 31.2. The first-order valence-corrected chi connectivity index (χ1v) is 7.14. The van der Waals surface area contributed by atoms with E-state index in [-0.39, 0.29) is 17.3 Å².